The van der Waals surface area contributed by atoms with Gasteiger partial charge in [0.15, 0.2) is 12.1 Å². The summed E-state index contributed by atoms with van der Waals surface area (Å²) in [7, 11) is 0. The average molecular weight is 99.1 g/mol. The van der Waals surface area contributed by atoms with Gasteiger partial charge >= 0.3 is 0 Å². The maximum Gasteiger partial charge on any atom is 0.181 e. The van der Waals surface area contributed by atoms with E-state index in [1.807, 2.05) is 6.79 Å². The van der Waals surface area contributed by atoms with Gasteiger partial charge in [-0.15, -0.1) is 0 Å². The molecule has 0 fully saturated rings. The molecule has 3 N–H and O–H groups in total. The largest absolute Gasteiger partial charge is 0.344 e. The van der Waals surface area contributed by atoms with Crippen molar-refractivity contribution in [3.63, 3.8) is 0 Å². The zero-order chi connectivity index (χ0) is 5.41. The minimum atomic E-state index is 0. The Hall–Kier alpha value is -1.39. The highest BCUT2D eigenvalue weighted by Crippen LogP contribution is 1.27. The van der Waals surface area contributed by atoms with Gasteiger partial charge in [-0.2, -0.15) is 10.5 Å². The second kappa shape index (κ2) is 161. The van der Waals surface area contributed by atoms with Gasteiger partial charge in [-0.3, -0.25) is 0 Å². The molecule has 0 atom stereocenters. The number of hydrogen-bond acceptors (Lipinski definition) is 4. The molecule has 0 aromatic carbocycles. The molecule has 0 aromatic rings. The van der Waals surface area contributed by atoms with Crippen molar-refractivity contribution in [2.75, 3.05) is 0 Å². The van der Waals surface area contributed by atoms with Gasteiger partial charge in [0.25, 0.3) is 0 Å². The van der Waals surface area contributed by atoms with Crippen molar-refractivity contribution in [1.29, 1.82) is 10.5 Å². The molecule has 0 aliphatic heterocycles. The van der Waals surface area contributed by atoms with Crippen LogP contribution in [-0.4, -0.2) is 6.79 Å². The van der Waals surface area contributed by atoms with Crippen molar-refractivity contribution >= 4 is 6.79 Å². The van der Waals surface area contributed by atoms with Crippen molar-refractivity contribution in [3.8, 4) is 12.1 Å². The van der Waals surface area contributed by atoms with Crippen molar-refractivity contribution in [2.24, 2.45) is 0 Å². The van der Waals surface area contributed by atoms with E-state index >= 15 is 0 Å². The van der Waals surface area contributed by atoms with Crippen LogP contribution < -0.4 is 6.15 Å². The lowest BCUT2D eigenvalue weighted by Crippen LogP contribution is -1.26. The molecule has 0 bridgehead atoms. The third-order valence-corrected chi connectivity index (χ3v) is 0.0500. The van der Waals surface area contributed by atoms with Crippen LogP contribution in [-0.2, 0) is 4.79 Å². The Morgan fingerprint density at radius 1 is 1.14 bits per heavy atom. The van der Waals surface area contributed by atoms with E-state index < -0.39 is 0 Å². The molecule has 0 radical (unpaired) electrons. The van der Waals surface area contributed by atoms with Crippen molar-refractivity contribution in [2.45, 2.75) is 0 Å². The van der Waals surface area contributed by atoms with Crippen LogP contribution in [0.5, 0.6) is 0 Å². The summed E-state index contributed by atoms with van der Waals surface area (Å²) < 4.78 is 0. The number of nitrogens with zero attached hydrogens (tertiary/aromatic N) is 2. The van der Waals surface area contributed by atoms with Gasteiger partial charge < -0.3 is 10.9 Å². The Morgan fingerprint density at radius 3 is 1.29 bits per heavy atom. The van der Waals surface area contributed by atoms with Gasteiger partial charge in [-0.05, 0) is 0 Å². The third kappa shape index (κ3) is 206. The molecule has 4 heteroatoms. The van der Waals surface area contributed by atoms with E-state index in [0.717, 1.165) is 0 Å². The number of hydrogen-bond donors (Lipinski definition) is 1. The molecular formula is C3H5N3O. The highest BCUT2D eigenvalue weighted by Gasteiger charge is 1.39. The molecule has 0 amide bonds. The van der Waals surface area contributed by atoms with Gasteiger partial charge in [-0.25, -0.2) is 0 Å². The van der Waals surface area contributed by atoms with Crippen LogP contribution in [0.15, 0.2) is 0 Å². The summed E-state index contributed by atoms with van der Waals surface area (Å²) in [5, 5.41) is 14.5. The van der Waals surface area contributed by atoms with E-state index in [1.165, 1.54) is 12.1 Å². The molecule has 0 aromatic heterocycles. The second-order valence-corrected chi connectivity index (χ2v) is 0.224. The molecule has 0 aliphatic carbocycles. The highest BCUT2D eigenvalue weighted by molar-refractivity contribution is 5.10. The summed E-state index contributed by atoms with van der Waals surface area (Å²) in [6.07, 6.45) is 0. The SMILES string of the molecule is C=O.N.N#CC#N. The van der Waals surface area contributed by atoms with Gasteiger partial charge in [0.1, 0.15) is 6.79 Å². The molecule has 38 valence electrons. The van der Waals surface area contributed by atoms with Crippen LogP contribution in [0, 0.1) is 22.7 Å². The van der Waals surface area contributed by atoms with Gasteiger partial charge in [0, 0.05) is 0 Å². The molecule has 0 spiro atoms. The average Bonchev–Trinajstić information content (AvgIpc) is 1.72. The van der Waals surface area contributed by atoms with Crippen LogP contribution in [0.1, 0.15) is 0 Å². The molecule has 0 saturated carbocycles. The van der Waals surface area contributed by atoms with Crippen molar-refractivity contribution in [3.05, 3.63) is 0 Å². The second-order valence-electron chi connectivity index (χ2n) is 0.224. The number of carbonyl (C=O) groups is 1. The van der Waals surface area contributed by atoms with E-state index in [1.54, 1.807) is 0 Å². The number of nitriles is 2. The first-order valence-electron chi connectivity index (χ1n) is 0.986. The summed E-state index contributed by atoms with van der Waals surface area (Å²) in [6, 6.07) is 2.47. The predicted octanol–water partition coefficient (Wildman–Crippen LogP) is 0.0107. The Kier molecular flexibility index (Phi) is 404. The fourth-order valence-electron chi connectivity index (χ4n) is 0. The first-order chi connectivity index (χ1) is 2.91. The molecule has 0 heterocycles. The third-order valence-electron chi connectivity index (χ3n) is 0.0500. The van der Waals surface area contributed by atoms with Gasteiger partial charge in [-0.1, -0.05) is 0 Å². The van der Waals surface area contributed by atoms with E-state index in [0.29, 0.717) is 0 Å². The fourth-order valence-corrected chi connectivity index (χ4v) is 0. The fraction of sp³-hybridized carbons (Fsp3) is 0. The highest BCUT2D eigenvalue weighted by atomic mass is 16.1. The summed E-state index contributed by atoms with van der Waals surface area (Å²) in [5.41, 5.74) is 0. The van der Waals surface area contributed by atoms with Crippen molar-refractivity contribution < 1.29 is 4.79 Å². The topological polar surface area (TPSA) is 99.7 Å². The van der Waals surface area contributed by atoms with Crippen LogP contribution in [0.4, 0.5) is 0 Å². The Morgan fingerprint density at radius 2 is 1.29 bits per heavy atom. The predicted molar refractivity (Wildman–Crippen MR) is 23.4 cm³/mol. The van der Waals surface area contributed by atoms with Crippen molar-refractivity contribution in [1.82, 2.24) is 6.15 Å². The Bertz CT molecular complexity index is 75.3. The van der Waals surface area contributed by atoms with E-state index in [4.69, 9.17) is 15.3 Å². The molecular weight excluding hydrogens is 94.1 g/mol. The number of rotatable bonds is 0. The van der Waals surface area contributed by atoms with Gasteiger partial charge in [0.2, 0.25) is 0 Å². The minimum absolute atomic E-state index is 0. The Labute approximate surface area is 41.6 Å². The molecule has 7 heavy (non-hydrogen) atoms. The Balaban J connectivity index is -0.0000000480. The normalized spacial score (nSPS) is 2.00. The van der Waals surface area contributed by atoms with E-state index in [2.05, 4.69) is 0 Å². The maximum atomic E-state index is 8.00. The molecule has 0 aliphatic rings. The zero-order valence-corrected chi connectivity index (χ0v) is 3.72. The summed E-state index contributed by atoms with van der Waals surface area (Å²) in [6.45, 7) is 2.00. The lowest BCUT2D eigenvalue weighted by Gasteiger charge is -1.16. The van der Waals surface area contributed by atoms with Crippen LogP contribution in [0.25, 0.3) is 0 Å². The quantitative estimate of drug-likeness (QED) is 0.462. The minimum Gasteiger partial charge on any atom is -0.344 e. The first-order valence-corrected chi connectivity index (χ1v) is 0.986. The summed E-state index contributed by atoms with van der Waals surface area (Å²) >= 11 is 0. The maximum absolute atomic E-state index is 8.00. The smallest absolute Gasteiger partial charge is 0.181 e. The standard InChI is InChI=1S/C2N2.CH2O.H3N/c3-1-2-4;1-2;/h;1H2;1H3. The number of carbonyl (C=O) groups excluding carboxylic acids is 1. The summed E-state index contributed by atoms with van der Waals surface area (Å²) in [4.78, 5) is 8.00. The zero-order valence-electron chi connectivity index (χ0n) is 3.72. The molecule has 0 rings (SSSR count). The van der Waals surface area contributed by atoms with E-state index in [9.17, 15) is 0 Å². The van der Waals surface area contributed by atoms with Crippen LogP contribution in [0.3, 0.4) is 0 Å². The molecule has 4 nitrogen and oxygen atoms in total. The molecule has 0 unspecified atom stereocenters. The summed E-state index contributed by atoms with van der Waals surface area (Å²) in [5.74, 6) is 0. The monoisotopic (exact) mass is 99.0 g/mol. The van der Waals surface area contributed by atoms with E-state index in [-0.39, 0.29) is 6.15 Å². The van der Waals surface area contributed by atoms with Crippen LogP contribution in [0.2, 0.25) is 0 Å². The molecule has 0 saturated heterocycles. The van der Waals surface area contributed by atoms with Crippen LogP contribution >= 0.6 is 0 Å². The van der Waals surface area contributed by atoms with Gasteiger partial charge in [0.05, 0.1) is 0 Å². The lowest BCUT2D eigenvalue weighted by atomic mass is 10.9. The first kappa shape index (κ1) is 17.5. The lowest BCUT2D eigenvalue weighted by molar-refractivity contribution is -0.0979.